The monoisotopic (exact) mass is 297 g/mol. The normalized spacial score (nSPS) is 11.7. The van der Waals surface area contributed by atoms with E-state index in [2.05, 4.69) is 5.32 Å². The fraction of sp³-hybridized carbons (Fsp3) is 0.308. The van der Waals surface area contributed by atoms with Gasteiger partial charge in [-0.25, -0.2) is 4.79 Å². The van der Waals surface area contributed by atoms with Gasteiger partial charge in [-0.1, -0.05) is 12.1 Å². The molecule has 0 bridgehead atoms. The molecule has 1 rings (SSSR count). The van der Waals surface area contributed by atoms with Gasteiger partial charge in [0.05, 0.1) is 6.42 Å². The molecule has 3 N–H and O–H groups in total. The van der Waals surface area contributed by atoms with Crippen LogP contribution >= 0.6 is 11.8 Å². The smallest absolute Gasteiger partial charge is 0.326 e. The molecule has 7 heteroatoms. The molecular weight excluding hydrogens is 282 g/mol. The van der Waals surface area contributed by atoms with Gasteiger partial charge in [0.25, 0.3) is 5.91 Å². The number of carboxylic acids is 2. The second-order valence-corrected chi connectivity index (χ2v) is 4.96. The Kier molecular flexibility index (Phi) is 6.05. The van der Waals surface area contributed by atoms with Crippen LogP contribution in [0.2, 0.25) is 0 Å². The van der Waals surface area contributed by atoms with Crippen molar-refractivity contribution in [2.24, 2.45) is 0 Å². The topological polar surface area (TPSA) is 104 Å². The number of thioether (sulfide) groups is 1. The van der Waals surface area contributed by atoms with Gasteiger partial charge in [0.1, 0.15) is 6.04 Å². The van der Waals surface area contributed by atoms with E-state index in [9.17, 15) is 14.4 Å². The molecule has 0 saturated heterocycles. The number of nitrogens with one attached hydrogen (secondary N) is 1. The fourth-order valence-corrected chi connectivity index (χ4v) is 2.06. The van der Waals surface area contributed by atoms with Crippen LogP contribution in [0.4, 0.5) is 0 Å². The number of carbonyl (C=O) groups excluding carboxylic acids is 1. The van der Waals surface area contributed by atoms with Gasteiger partial charge in [0.2, 0.25) is 0 Å². The van der Waals surface area contributed by atoms with Crippen molar-refractivity contribution in [1.82, 2.24) is 5.32 Å². The lowest BCUT2D eigenvalue weighted by molar-refractivity contribution is -0.145. The van der Waals surface area contributed by atoms with Crippen LogP contribution in [0.5, 0.6) is 0 Å². The van der Waals surface area contributed by atoms with Crippen molar-refractivity contribution in [3.63, 3.8) is 0 Å². The van der Waals surface area contributed by atoms with Crippen molar-refractivity contribution in [2.75, 3.05) is 6.26 Å². The zero-order chi connectivity index (χ0) is 15.1. The molecule has 1 atom stereocenters. The lowest BCUT2D eigenvalue weighted by atomic mass is 10.1. The van der Waals surface area contributed by atoms with Crippen LogP contribution in [0.25, 0.3) is 0 Å². The zero-order valence-corrected chi connectivity index (χ0v) is 11.6. The van der Waals surface area contributed by atoms with Crippen LogP contribution in [0.15, 0.2) is 24.3 Å². The Hall–Kier alpha value is -2.02. The second kappa shape index (κ2) is 7.54. The molecule has 0 saturated carbocycles. The Balaban J connectivity index is 2.73. The first-order chi connectivity index (χ1) is 9.43. The van der Waals surface area contributed by atoms with Crippen LogP contribution in [0, 0.1) is 0 Å². The summed E-state index contributed by atoms with van der Waals surface area (Å²) in [6.45, 7) is 0. The molecule has 0 aliphatic carbocycles. The number of rotatable bonds is 7. The number of carboxylic acid groups (broad SMARTS) is 2. The molecule has 0 fully saturated rings. The lowest BCUT2D eigenvalue weighted by Gasteiger charge is -2.12. The quantitative estimate of drug-likeness (QED) is 0.699. The molecular formula is C13H15NO5S. The van der Waals surface area contributed by atoms with E-state index in [1.165, 1.54) is 0 Å². The van der Waals surface area contributed by atoms with Gasteiger partial charge in [0, 0.05) is 11.3 Å². The van der Waals surface area contributed by atoms with E-state index in [0.29, 0.717) is 5.56 Å². The van der Waals surface area contributed by atoms with Gasteiger partial charge in [0.15, 0.2) is 0 Å². The molecule has 1 aromatic rings. The van der Waals surface area contributed by atoms with Gasteiger partial charge in [-0.2, -0.15) is 11.8 Å². The van der Waals surface area contributed by atoms with Crippen molar-refractivity contribution >= 4 is 29.6 Å². The number of aliphatic carboxylic acids is 2. The lowest BCUT2D eigenvalue weighted by Crippen LogP contribution is -2.42. The van der Waals surface area contributed by atoms with Crippen LogP contribution in [-0.2, 0) is 15.3 Å². The first kappa shape index (κ1) is 16.0. The van der Waals surface area contributed by atoms with E-state index >= 15 is 0 Å². The summed E-state index contributed by atoms with van der Waals surface area (Å²) in [4.78, 5) is 33.2. The van der Waals surface area contributed by atoms with E-state index < -0.39 is 30.3 Å². The van der Waals surface area contributed by atoms with E-state index in [0.717, 1.165) is 11.3 Å². The molecule has 0 spiro atoms. The predicted octanol–water partition coefficient (Wildman–Crippen LogP) is 1.21. The summed E-state index contributed by atoms with van der Waals surface area (Å²) in [5.41, 5.74) is 1.35. The van der Waals surface area contributed by atoms with Crippen molar-refractivity contribution in [2.45, 2.75) is 18.2 Å². The summed E-state index contributed by atoms with van der Waals surface area (Å²) in [7, 11) is 0. The third-order valence-corrected chi connectivity index (χ3v) is 3.13. The standard InChI is InChI=1S/C13H15NO5S/c1-20-7-8-2-4-9(5-3-8)12(17)14-10(13(18)19)6-11(15)16/h2-5,10H,6-7H2,1H3,(H,14,17)(H,15,16)(H,18,19)/t10-/m1/s1. The van der Waals surface area contributed by atoms with Crippen LogP contribution < -0.4 is 5.32 Å². The minimum absolute atomic E-state index is 0.298. The summed E-state index contributed by atoms with van der Waals surface area (Å²) in [6, 6.07) is 5.28. The minimum atomic E-state index is -1.44. The molecule has 0 radical (unpaired) electrons. The highest BCUT2D eigenvalue weighted by Gasteiger charge is 2.23. The average molecular weight is 297 g/mol. The predicted molar refractivity (Wildman–Crippen MR) is 74.8 cm³/mol. The summed E-state index contributed by atoms with van der Waals surface area (Å²) in [5.74, 6) is -2.44. The first-order valence-corrected chi connectivity index (χ1v) is 7.16. The molecule has 0 heterocycles. The Morgan fingerprint density at radius 2 is 1.80 bits per heavy atom. The average Bonchev–Trinajstić information content (AvgIpc) is 2.38. The van der Waals surface area contributed by atoms with Crippen LogP contribution in [0.1, 0.15) is 22.3 Å². The van der Waals surface area contributed by atoms with Gasteiger partial charge < -0.3 is 15.5 Å². The minimum Gasteiger partial charge on any atom is -0.481 e. The van der Waals surface area contributed by atoms with Crippen LogP contribution in [-0.4, -0.2) is 40.4 Å². The molecule has 6 nitrogen and oxygen atoms in total. The van der Waals surface area contributed by atoms with Crippen molar-refractivity contribution < 1.29 is 24.6 Å². The van der Waals surface area contributed by atoms with E-state index in [1.807, 2.05) is 6.26 Å². The largest absolute Gasteiger partial charge is 0.481 e. The number of amides is 1. The van der Waals surface area contributed by atoms with Crippen molar-refractivity contribution in [1.29, 1.82) is 0 Å². The van der Waals surface area contributed by atoms with E-state index in [4.69, 9.17) is 10.2 Å². The molecule has 0 unspecified atom stereocenters. The molecule has 1 aromatic carbocycles. The van der Waals surface area contributed by atoms with E-state index in [-0.39, 0.29) is 0 Å². The molecule has 1 amide bonds. The second-order valence-electron chi connectivity index (χ2n) is 4.09. The van der Waals surface area contributed by atoms with E-state index in [1.54, 1.807) is 36.0 Å². The maximum absolute atomic E-state index is 11.8. The summed E-state index contributed by atoms with van der Waals surface area (Å²) in [5, 5.41) is 19.6. The molecule has 108 valence electrons. The third-order valence-electron chi connectivity index (χ3n) is 2.51. The Morgan fingerprint density at radius 1 is 1.20 bits per heavy atom. The number of benzene rings is 1. The number of hydrogen-bond donors (Lipinski definition) is 3. The van der Waals surface area contributed by atoms with Gasteiger partial charge in [-0.15, -0.1) is 0 Å². The molecule has 0 aromatic heterocycles. The third kappa shape index (κ3) is 4.93. The highest BCUT2D eigenvalue weighted by molar-refractivity contribution is 7.97. The maximum atomic E-state index is 11.8. The molecule has 0 aliphatic rings. The number of hydrogen-bond acceptors (Lipinski definition) is 4. The maximum Gasteiger partial charge on any atom is 0.326 e. The summed E-state index contributed by atoms with van der Waals surface area (Å²) >= 11 is 1.65. The Labute approximate surface area is 120 Å². The SMILES string of the molecule is CSCc1ccc(C(=O)N[C@H](CC(=O)O)C(=O)O)cc1. The number of carbonyl (C=O) groups is 3. The van der Waals surface area contributed by atoms with Gasteiger partial charge in [-0.05, 0) is 24.0 Å². The van der Waals surface area contributed by atoms with Gasteiger partial charge in [-0.3, -0.25) is 9.59 Å². The Morgan fingerprint density at radius 3 is 2.25 bits per heavy atom. The highest BCUT2D eigenvalue weighted by atomic mass is 32.2. The Bertz CT molecular complexity index is 500. The van der Waals surface area contributed by atoms with Crippen LogP contribution in [0.3, 0.4) is 0 Å². The summed E-state index contributed by atoms with van der Waals surface area (Å²) in [6.07, 6.45) is 1.30. The molecule has 20 heavy (non-hydrogen) atoms. The highest BCUT2D eigenvalue weighted by Crippen LogP contribution is 2.10. The van der Waals surface area contributed by atoms with Crippen molar-refractivity contribution in [3.05, 3.63) is 35.4 Å². The van der Waals surface area contributed by atoms with Crippen molar-refractivity contribution in [3.8, 4) is 0 Å². The fourth-order valence-electron chi connectivity index (χ4n) is 1.54. The molecule has 0 aliphatic heterocycles. The van der Waals surface area contributed by atoms with Gasteiger partial charge >= 0.3 is 11.9 Å². The summed E-state index contributed by atoms with van der Waals surface area (Å²) < 4.78 is 0. The first-order valence-electron chi connectivity index (χ1n) is 5.77. The zero-order valence-electron chi connectivity index (χ0n) is 10.8.